The van der Waals surface area contributed by atoms with Gasteiger partial charge >= 0.3 is 0 Å². The van der Waals surface area contributed by atoms with Gasteiger partial charge in [-0.1, -0.05) is 36.4 Å². The van der Waals surface area contributed by atoms with Crippen LogP contribution in [0.15, 0.2) is 67.0 Å². The van der Waals surface area contributed by atoms with E-state index in [0.29, 0.717) is 11.7 Å². The van der Waals surface area contributed by atoms with Crippen LogP contribution in [0.5, 0.6) is 5.88 Å². The largest absolute Gasteiger partial charge is 0.480 e. The summed E-state index contributed by atoms with van der Waals surface area (Å²) in [5, 5.41) is 3.93. The number of hydrogen-bond donors (Lipinski definition) is 1. The zero-order valence-corrected chi connectivity index (χ0v) is 15.7. The molecule has 1 amide bonds. The fourth-order valence-electron chi connectivity index (χ4n) is 3.15. The van der Waals surface area contributed by atoms with E-state index in [4.69, 9.17) is 4.74 Å². The lowest BCUT2D eigenvalue weighted by Crippen LogP contribution is -2.19. The Morgan fingerprint density at radius 2 is 1.93 bits per heavy atom. The van der Waals surface area contributed by atoms with Crippen molar-refractivity contribution in [2.45, 2.75) is 13.5 Å². The number of fused-ring (bicyclic) bond motifs is 1. The highest BCUT2D eigenvalue weighted by molar-refractivity contribution is 5.92. The maximum Gasteiger partial charge on any atom is 0.244 e. The number of amides is 1. The van der Waals surface area contributed by atoms with E-state index >= 15 is 0 Å². The van der Waals surface area contributed by atoms with Gasteiger partial charge in [0.1, 0.15) is 12.4 Å². The molecule has 28 heavy (non-hydrogen) atoms. The van der Waals surface area contributed by atoms with Crippen molar-refractivity contribution in [2.75, 3.05) is 12.4 Å². The molecule has 2 heterocycles. The maximum absolute atomic E-state index is 12.6. The predicted octanol–water partition coefficient (Wildman–Crippen LogP) is 4.05. The fraction of sp³-hybridized carbons (Fsp3) is 0.136. The van der Waals surface area contributed by atoms with E-state index < -0.39 is 0 Å². The summed E-state index contributed by atoms with van der Waals surface area (Å²) < 4.78 is 7.28. The quantitative estimate of drug-likeness (QED) is 0.574. The van der Waals surface area contributed by atoms with Crippen molar-refractivity contribution in [3.05, 3.63) is 72.6 Å². The topological polar surface area (TPSA) is 69.0 Å². The summed E-state index contributed by atoms with van der Waals surface area (Å²) in [7, 11) is 1.58. The normalized spacial score (nSPS) is 10.8. The number of carbonyl (C=O) groups is 1. The molecule has 0 bridgehead atoms. The minimum Gasteiger partial charge on any atom is -0.480 e. The first-order valence-corrected chi connectivity index (χ1v) is 8.96. The second kappa shape index (κ2) is 7.52. The van der Waals surface area contributed by atoms with Gasteiger partial charge in [-0.15, -0.1) is 0 Å². The van der Waals surface area contributed by atoms with E-state index in [-0.39, 0.29) is 12.5 Å². The summed E-state index contributed by atoms with van der Waals surface area (Å²) in [6, 6.07) is 17.5. The van der Waals surface area contributed by atoms with Crippen LogP contribution in [0, 0.1) is 6.92 Å². The number of imidazole rings is 1. The van der Waals surface area contributed by atoms with Crippen molar-refractivity contribution < 1.29 is 9.53 Å². The Morgan fingerprint density at radius 1 is 1.14 bits per heavy atom. The van der Waals surface area contributed by atoms with Crippen LogP contribution in [0.2, 0.25) is 0 Å². The number of aryl methyl sites for hydroxylation is 1. The fourth-order valence-corrected chi connectivity index (χ4v) is 3.15. The average Bonchev–Trinajstić information content (AvgIpc) is 3.16. The van der Waals surface area contributed by atoms with Gasteiger partial charge in [0.2, 0.25) is 11.8 Å². The third-order valence-electron chi connectivity index (χ3n) is 4.57. The number of aromatic nitrogens is 3. The van der Waals surface area contributed by atoms with E-state index in [1.165, 1.54) is 0 Å². The number of nitrogens with zero attached hydrogens (tertiary/aromatic N) is 3. The molecule has 0 spiro atoms. The zero-order valence-electron chi connectivity index (χ0n) is 15.7. The third kappa shape index (κ3) is 3.44. The molecule has 0 fully saturated rings. The van der Waals surface area contributed by atoms with Gasteiger partial charge in [-0.3, -0.25) is 4.79 Å². The van der Waals surface area contributed by atoms with Crippen LogP contribution in [-0.2, 0) is 11.3 Å². The van der Waals surface area contributed by atoms with E-state index in [9.17, 15) is 4.79 Å². The Balaban J connectivity index is 1.65. The summed E-state index contributed by atoms with van der Waals surface area (Å²) in [6.07, 6.45) is 3.45. The van der Waals surface area contributed by atoms with Gasteiger partial charge in [0.15, 0.2) is 0 Å². The molecule has 0 aliphatic carbocycles. The van der Waals surface area contributed by atoms with Gasteiger partial charge in [-0.05, 0) is 30.7 Å². The monoisotopic (exact) mass is 372 g/mol. The van der Waals surface area contributed by atoms with Crippen molar-refractivity contribution >= 4 is 22.5 Å². The average molecular weight is 372 g/mol. The first kappa shape index (κ1) is 17.7. The first-order chi connectivity index (χ1) is 13.7. The minimum atomic E-state index is -0.124. The number of nitrogens with one attached hydrogen (secondary N) is 1. The van der Waals surface area contributed by atoms with Crippen LogP contribution in [0.25, 0.3) is 22.3 Å². The molecule has 6 nitrogen and oxygen atoms in total. The van der Waals surface area contributed by atoms with Crippen molar-refractivity contribution in [3.63, 3.8) is 0 Å². The molecule has 0 saturated carbocycles. The number of hydrogen-bond acceptors (Lipinski definition) is 4. The van der Waals surface area contributed by atoms with Gasteiger partial charge in [-0.25, -0.2) is 9.97 Å². The van der Waals surface area contributed by atoms with Gasteiger partial charge in [-0.2, -0.15) is 0 Å². The van der Waals surface area contributed by atoms with Crippen LogP contribution in [0.3, 0.4) is 0 Å². The Kier molecular flexibility index (Phi) is 4.76. The first-order valence-electron chi connectivity index (χ1n) is 8.96. The number of benzene rings is 2. The molecule has 0 aliphatic heterocycles. The van der Waals surface area contributed by atoms with E-state index in [2.05, 4.69) is 15.3 Å². The van der Waals surface area contributed by atoms with Crippen LogP contribution in [0.4, 0.5) is 5.69 Å². The Labute approximate surface area is 162 Å². The summed E-state index contributed by atoms with van der Waals surface area (Å²) in [5.74, 6) is 0.988. The number of ether oxygens (including phenoxy) is 1. The number of rotatable bonds is 5. The Bertz CT molecular complexity index is 1150. The lowest BCUT2D eigenvalue weighted by Gasteiger charge is -2.12. The second-order valence-corrected chi connectivity index (χ2v) is 6.48. The minimum absolute atomic E-state index is 0.124. The van der Waals surface area contributed by atoms with Gasteiger partial charge in [0.25, 0.3) is 0 Å². The molecule has 2 aromatic carbocycles. The van der Waals surface area contributed by atoms with Crippen molar-refractivity contribution in [1.29, 1.82) is 0 Å². The molecule has 0 atom stereocenters. The SMILES string of the molecule is COc1nc2ccccc2cc1-c1nccn1CC(=O)Nc1ccccc1C. The number of para-hydroxylation sites is 2. The highest BCUT2D eigenvalue weighted by atomic mass is 16.5. The van der Waals surface area contributed by atoms with E-state index in [0.717, 1.165) is 27.7 Å². The molecule has 140 valence electrons. The molecule has 4 rings (SSSR count). The maximum atomic E-state index is 12.6. The predicted molar refractivity (Wildman–Crippen MR) is 109 cm³/mol. The van der Waals surface area contributed by atoms with Crippen molar-refractivity contribution in [2.24, 2.45) is 0 Å². The number of methoxy groups -OCH3 is 1. The smallest absolute Gasteiger partial charge is 0.244 e. The summed E-state index contributed by atoms with van der Waals surface area (Å²) in [6.45, 7) is 2.10. The molecular weight excluding hydrogens is 352 g/mol. The summed E-state index contributed by atoms with van der Waals surface area (Å²) >= 11 is 0. The van der Waals surface area contributed by atoms with Crippen molar-refractivity contribution in [3.8, 4) is 17.3 Å². The number of anilines is 1. The molecule has 1 N–H and O–H groups in total. The standard InChI is InChI=1S/C22H20N4O2/c1-15-7-3-5-9-18(15)24-20(27)14-26-12-11-23-21(26)17-13-16-8-4-6-10-19(16)25-22(17)28-2/h3-13H,14H2,1-2H3,(H,24,27). The zero-order chi connectivity index (χ0) is 19.5. The van der Waals surface area contributed by atoms with Crippen LogP contribution in [0.1, 0.15) is 5.56 Å². The second-order valence-electron chi connectivity index (χ2n) is 6.48. The molecule has 0 unspecified atom stereocenters. The van der Waals surface area contributed by atoms with E-state index in [1.807, 2.05) is 61.5 Å². The molecule has 0 saturated heterocycles. The molecule has 0 aliphatic rings. The lowest BCUT2D eigenvalue weighted by molar-refractivity contribution is -0.116. The molecular formula is C22H20N4O2. The Hall–Kier alpha value is -3.67. The van der Waals surface area contributed by atoms with Crippen LogP contribution in [-0.4, -0.2) is 27.6 Å². The third-order valence-corrected chi connectivity index (χ3v) is 4.57. The molecule has 2 aromatic heterocycles. The van der Waals surface area contributed by atoms with Gasteiger partial charge < -0.3 is 14.6 Å². The lowest BCUT2D eigenvalue weighted by atomic mass is 10.1. The Morgan fingerprint density at radius 3 is 2.75 bits per heavy atom. The number of carbonyl (C=O) groups excluding carboxylic acids is 1. The number of pyridine rings is 1. The van der Waals surface area contributed by atoms with Gasteiger partial charge in [0, 0.05) is 23.5 Å². The van der Waals surface area contributed by atoms with Crippen LogP contribution < -0.4 is 10.1 Å². The summed E-state index contributed by atoms with van der Waals surface area (Å²) in [5.41, 5.74) is 3.41. The van der Waals surface area contributed by atoms with Crippen LogP contribution >= 0.6 is 0 Å². The molecule has 0 radical (unpaired) electrons. The highest BCUT2D eigenvalue weighted by Gasteiger charge is 2.16. The van der Waals surface area contributed by atoms with E-state index in [1.54, 1.807) is 24.1 Å². The van der Waals surface area contributed by atoms with Crippen molar-refractivity contribution in [1.82, 2.24) is 14.5 Å². The highest BCUT2D eigenvalue weighted by Crippen LogP contribution is 2.30. The molecule has 4 aromatic rings. The summed E-state index contributed by atoms with van der Waals surface area (Å²) in [4.78, 5) is 21.6. The van der Waals surface area contributed by atoms with Gasteiger partial charge in [0.05, 0.1) is 18.2 Å². The molecule has 6 heteroatoms.